The Kier molecular flexibility index (Phi) is 3.83. The van der Waals surface area contributed by atoms with Gasteiger partial charge in [-0.15, -0.1) is 11.3 Å². The van der Waals surface area contributed by atoms with Crippen molar-refractivity contribution in [2.45, 2.75) is 13.8 Å². The highest BCUT2D eigenvalue weighted by Crippen LogP contribution is 2.17. The summed E-state index contributed by atoms with van der Waals surface area (Å²) in [6.45, 7) is 4.26. The number of hydrogen-bond donors (Lipinski definition) is 1. The van der Waals surface area contributed by atoms with E-state index in [1.807, 2.05) is 13.8 Å². The first-order valence-electron chi connectivity index (χ1n) is 5.37. The Hall–Kier alpha value is -2.02. The van der Waals surface area contributed by atoms with Crippen LogP contribution < -0.4 is 10.1 Å². The van der Waals surface area contributed by atoms with Gasteiger partial charge >= 0.3 is 0 Å². The molecule has 0 spiro atoms. The van der Waals surface area contributed by atoms with E-state index in [4.69, 9.17) is 4.74 Å². The van der Waals surface area contributed by atoms with Crippen molar-refractivity contribution in [1.82, 2.24) is 15.0 Å². The molecule has 2 rings (SSSR count). The molecule has 18 heavy (non-hydrogen) atoms. The van der Waals surface area contributed by atoms with Gasteiger partial charge in [0.15, 0.2) is 5.13 Å². The topological polar surface area (TPSA) is 77.0 Å². The first-order valence-corrected chi connectivity index (χ1v) is 6.19. The van der Waals surface area contributed by atoms with Gasteiger partial charge < -0.3 is 4.74 Å². The second-order valence-corrected chi connectivity index (χ2v) is 4.64. The van der Waals surface area contributed by atoms with Crippen LogP contribution in [0.15, 0.2) is 18.6 Å². The molecule has 0 fully saturated rings. The Morgan fingerprint density at radius 2 is 2.28 bits per heavy atom. The summed E-state index contributed by atoms with van der Waals surface area (Å²) < 4.78 is 5.21. The minimum Gasteiger partial charge on any atom is -0.478 e. The first-order chi connectivity index (χ1) is 8.69. The first kappa shape index (κ1) is 12.4. The van der Waals surface area contributed by atoms with E-state index in [1.165, 1.54) is 23.7 Å². The molecule has 0 atom stereocenters. The van der Waals surface area contributed by atoms with Crippen molar-refractivity contribution in [1.29, 1.82) is 0 Å². The molecule has 2 aromatic rings. The van der Waals surface area contributed by atoms with Crippen molar-refractivity contribution in [3.63, 3.8) is 0 Å². The number of aryl methyl sites for hydroxylation is 1. The van der Waals surface area contributed by atoms with Crippen LogP contribution in [0.4, 0.5) is 5.13 Å². The minimum atomic E-state index is -0.326. The highest BCUT2D eigenvalue weighted by Gasteiger charge is 2.11. The van der Waals surface area contributed by atoms with Crippen LogP contribution in [-0.4, -0.2) is 27.5 Å². The fourth-order valence-electron chi connectivity index (χ4n) is 1.26. The molecule has 0 radical (unpaired) electrons. The molecule has 6 nitrogen and oxygen atoms in total. The second-order valence-electron chi connectivity index (χ2n) is 3.40. The third kappa shape index (κ3) is 3.01. The van der Waals surface area contributed by atoms with Crippen LogP contribution in [0.3, 0.4) is 0 Å². The van der Waals surface area contributed by atoms with Gasteiger partial charge in [0.1, 0.15) is 12.0 Å². The number of nitrogens with zero attached hydrogens (tertiary/aromatic N) is 3. The van der Waals surface area contributed by atoms with E-state index in [0.717, 1.165) is 4.88 Å². The summed E-state index contributed by atoms with van der Waals surface area (Å²) in [4.78, 5) is 24.8. The van der Waals surface area contributed by atoms with Crippen molar-refractivity contribution in [2.75, 3.05) is 11.9 Å². The summed E-state index contributed by atoms with van der Waals surface area (Å²) in [6, 6.07) is 1.50. The zero-order valence-corrected chi connectivity index (χ0v) is 10.8. The van der Waals surface area contributed by atoms with Gasteiger partial charge in [0.25, 0.3) is 5.91 Å². The van der Waals surface area contributed by atoms with E-state index in [2.05, 4.69) is 20.3 Å². The monoisotopic (exact) mass is 264 g/mol. The second kappa shape index (κ2) is 5.54. The summed E-state index contributed by atoms with van der Waals surface area (Å²) in [5, 5.41) is 3.22. The number of ether oxygens (including phenoxy) is 1. The highest BCUT2D eigenvalue weighted by molar-refractivity contribution is 7.15. The molecule has 2 aromatic heterocycles. The van der Waals surface area contributed by atoms with Crippen LogP contribution in [0.2, 0.25) is 0 Å². The van der Waals surface area contributed by atoms with Crippen LogP contribution in [0.5, 0.6) is 5.88 Å². The van der Waals surface area contributed by atoms with Crippen LogP contribution in [-0.2, 0) is 0 Å². The summed E-state index contributed by atoms with van der Waals surface area (Å²) in [6.07, 6.45) is 3.00. The fraction of sp³-hybridized carbons (Fsp3) is 0.273. The molecule has 0 aromatic carbocycles. The largest absolute Gasteiger partial charge is 0.478 e. The number of carbonyl (C=O) groups is 1. The van der Waals surface area contributed by atoms with Gasteiger partial charge in [-0.25, -0.2) is 15.0 Å². The van der Waals surface area contributed by atoms with Gasteiger partial charge in [-0.1, -0.05) is 0 Å². The van der Waals surface area contributed by atoms with Gasteiger partial charge in [0, 0.05) is 17.1 Å². The molecule has 1 amide bonds. The molecule has 1 N–H and O–H groups in total. The number of amides is 1. The summed E-state index contributed by atoms with van der Waals surface area (Å²) >= 11 is 1.41. The number of nitrogens with one attached hydrogen (secondary N) is 1. The third-order valence-corrected chi connectivity index (χ3v) is 2.84. The maximum Gasteiger partial charge on any atom is 0.276 e. The van der Waals surface area contributed by atoms with Crippen LogP contribution in [0, 0.1) is 6.92 Å². The summed E-state index contributed by atoms with van der Waals surface area (Å²) in [7, 11) is 0. The smallest absolute Gasteiger partial charge is 0.276 e. The average Bonchev–Trinajstić information content (AvgIpc) is 2.75. The van der Waals surface area contributed by atoms with Crippen molar-refractivity contribution in [3.8, 4) is 5.88 Å². The van der Waals surface area contributed by atoms with Crippen LogP contribution in [0.1, 0.15) is 22.3 Å². The Balaban J connectivity index is 2.11. The zero-order valence-electron chi connectivity index (χ0n) is 10.0. The lowest BCUT2D eigenvalue weighted by Gasteiger charge is -2.03. The quantitative estimate of drug-likeness (QED) is 0.912. The van der Waals surface area contributed by atoms with Gasteiger partial charge in [-0.3, -0.25) is 10.1 Å². The van der Waals surface area contributed by atoms with E-state index in [-0.39, 0.29) is 11.6 Å². The Bertz CT molecular complexity index is 555. The molecule has 0 bridgehead atoms. The number of rotatable bonds is 4. The maximum atomic E-state index is 11.9. The lowest BCUT2D eigenvalue weighted by atomic mass is 10.4. The third-order valence-electron chi connectivity index (χ3n) is 2.01. The normalized spacial score (nSPS) is 10.1. The molecule has 0 aliphatic carbocycles. The number of carbonyl (C=O) groups excluding carboxylic acids is 1. The van der Waals surface area contributed by atoms with Gasteiger partial charge in [-0.05, 0) is 13.8 Å². The molecule has 7 heteroatoms. The van der Waals surface area contributed by atoms with E-state index in [1.54, 1.807) is 6.20 Å². The zero-order chi connectivity index (χ0) is 13.0. The van der Waals surface area contributed by atoms with Crippen molar-refractivity contribution >= 4 is 22.4 Å². The fourth-order valence-corrected chi connectivity index (χ4v) is 1.92. The van der Waals surface area contributed by atoms with Crippen molar-refractivity contribution in [2.24, 2.45) is 0 Å². The average molecular weight is 264 g/mol. The highest BCUT2D eigenvalue weighted by atomic mass is 32.1. The Morgan fingerprint density at radius 1 is 1.44 bits per heavy atom. The number of thiazole rings is 1. The molecule has 0 aliphatic heterocycles. The van der Waals surface area contributed by atoms with E-state index in [0.29, 0.717) is 17.6 Å². The predicted octanol–water partition coefficient (Wildman–Crippen LogP) is 1.89. The van der Waals surface area contributed by atoms with E-state index in [9.17, 15) is 4.79 Å². The van der Waals surface area contributed by atoms with E-state index >= 15 is 0 Å². The summed E-state index contributed by atoms with van der Waals surface area (Å²) in [5.74, 6) is 0.0562. The molecular weight excluding hydrogens is 252 g/mol. The molecule has 0 aliphatic rings. The van der Waals surface area contributed by atoms with Crippen LogP contribution in [0.25, 0.3) is 0 Å². The van der Waals surface area contributed by atoms with Crippen LogP contribution >= 0.6 is 11.3 Å². The van der Waals surface area contributed by atoms with E-state index < -0.39 is 0 Å². The molecule has 94 valence electrons. The standard InChI is InChI=1S/C11H12N4O2S/c1-3-17-9-4-8(13-6-14-9)10(16)15-11-12-5-7(2)18-11/h4-6H,3H2,1-2H3,(H,12,15,16). The van der Waals surface area contributed by atoms with Crippen molar-refractivity contribution in [3.05, 3.63) is 29.2 Å². The molecule has 2 heterocycles. The molecule has 0 unspecified atom stereocenters. The SMILES string of the molecule is CCOc1cc(C(=O)Nc2ncc(C)s2)ncn1. The predicted molar refractivity (Wildman–Crippen MR) is 68.0 cm³/mol. The molecule has 0 saturated carbocycles. The Labute approximate surface area is 108 Å². The number of anilines is 1. The molecule has 0 saturated heterocycles. The lowest BCUT2D eigenvalue weighted by Crippen LogP contribution is -2.14. The van der Waals surface area contributed by atoms with Crippen molar-refractivity contribution < 1.29 is 9.53 Å². The number of hydrogen-bond acceptors (Lipinski definition) is 6. The lowest BCUT2D eigenvalue weighted by molar-refractivity contribution is 0.102. The number of aromatic nitrogens is 3. The van der Waals surface area contributed by atoms with Gasteiger partial charge in [0.05, 0.1) is 6.61 Å². The Morgan fingerprint density at radius 3 is 2.94 bits per heavy atom. The minimum absolute atomic E-state index is 0.251. The van der Waals surface area contributed by atoms with Gasteiger partial charge in [0.2, 0.25) is 5.88 Å². The molecular formula is C11H12N4O2S. The van der Waals surface area contributed by atoms with Gasteiger partial charge in [-0.2, -0.15) is 0 Å². The maximum absolute atomic E-state index is 11.9. The summed E-state index contributed by atoms with van der Waals surface area (Å²) in [5.41, 5.74) is 0.251.